The molecule has 0 unspecified atom stereocenters. The van der Waals surface area contributed by atoms with Gasteiger partial charge in [0.15, 0.2) is 0 Å². The molecule has 3 N–H and O–H groups in total. The van der Waals surface area contributed by atoms with E-state index in [1.165, 1.54) is 53.3 Å². The van der Waals surface area contributed by atoms with Crippen molar-refractivity contribution in [2.75, 3.05) is 62.2 Å². The van der Waals surface area contributed by atoms with E-state index in [9.17, 15) is 59.9 Å². The molecule has 2 atom stereocenters. The van der Waals surface area contributed by atoms with E-state index in [0.29, 0.717) is 75.0 Å². The van der Waals surface area contributed by atoms with Crippen molar-refractivity contribution in [2.24, 2.45) is 5.73 Å². The monoisotopic (exact) mass is 1330 g/mol. The van der Waals surface area contributed by atoms with E-state index in [2.05, 4.69) is 5.32 Å². The Labute approximate surface area is 543 Å². The first-order chi connectivity index (χ1) is 43.1. The first-order valence-corrected chi connectivity index (χ1v) is 33.5. The van der Waals surface area contributed by atoms with Gasteiger partial charge in [0.25, 0.3) is 11.8 Å². The highest BCUT2D eigenvalue weighted by Gasteiger charge is 2.53. The maximum atomic E-state index is 14.8. The summed E-state index contributed by atoms with van der Waals surface area (Å²) in [5, 5.41) is 2.65. The minimum Gasteiger partial charge on any atom is -0.445 e. The Bertz CT molecular complexity index is 3200. The minimum absolute atomic E-state index is 0.0233. The molecule has 2 aliphatic carbocycles. The van der Waals surface area contributed by atoms with Gasteiger partial charge in [-0.25, -0.2) is 14.4 Å². The normalized spacial score (nSPS) is 19.8. The van der Waals surface area contributed by atoms with Gasteiger partial charge in [-0.05, 0) is 150 Å². The van der Waals surface area contributed by atoms with Crippen LogP contribution in [0.3, 0.4) is 0 Å². The molecule has 3 aromatic carbocycles. The molecule has 2 saturated heterocycles. The zero-order valence-electron chi connectivity index (χ0n) is 54.3. The number of nitrogens with zero attached hydrogens (tertiary/aromatic N) is 6. The summed E-state index contributed by atoms with van der Waals surface area (Å²) < 4.78 is 103. The molecule has 4 aliphatic heterocycles. The maximum absolute atomic E-state index is 14.8. The van der Waals surface area contributed by atoms with Gasteiger partial charge in [-0.3, -0.25) is 19.2 Å². The van der Waals surface area contributed by atoms with Gasteiger partial charge in [0.05, 0.1) is 55.2 Å². The van der Waals surface area contributed by atoms with E-state index >= 15 is 0 Å². The van der Waals surface area contributed by atoms with Gasteiger partial charge in [-0.1, -0.05) is 56.0 Å². The van der Waals surface area contributed by atoms with Gasteiger partial charge >= 0.3 is 30.6 Å². The van der Waals surface area contributed by atoms with E-state index in [-0.39, 0.29) is 68.3 Å². The molecule has 4 fully saturated rings. The zero-order chi connectivity index (χ0) is 67.5. The molecule has 9 rings (SSSR count). The lowest BCUT2D eigenvalue weighted by molar-refractivity contribution is -0.139. The van der Waals surface area contributed by atoms with Gasteiger partial charge in [0.1, 0.15) is 17.8 Å². The number of carbonyl (C=O) groups excluding carboxylic acids is 7. The molecule has 506 valence electrons. The lowest BCUT2D eigenvalue weighted by Crippen LogP contribution is -2.55. The highest BCUT2D eigenvalue weighted by molar-refractivity contribution is 8.02. The maximum Gasteiger partial charge on any atom is 0.417 e. The number of rotatable bonds is 13. The summed E-state index contributed by atoms with van der Waals surface area (Å²) in [7, 11) is 0. The molecule has 0 bridgehead atoms. The number of fused-ring (bicyclic) bond motifs is 2. The Kier molecular flexibility index (Phi) is 22.3. The quantitative estimate of drug-likeness (QED) is 0.121. The summed E-state index contributed by atoms with van der Waals surface area (Å²) >= 11 is 2.33. The number of nitrogens with two attached hydrogens (primary N) is 1. The van der Waals surface area contributed by atoms with E-state index in [4.69, 9.17) is 19.9 Å². The van der Waals surface area contributed by atoms with Crippen LogP contribution in [0, 0.1) is 0 Å². The van der Waals surface area contributed by atoms with Gasteiger partial charge in [0, 0.05) is 74.2 Å². The van der Waals surface area contributed by atoms with Crippen molar-refractivity contribution in [1.29, 1.82) is 0 Å². The van der Waals surface area contributed by atoms with Crippen molar-refractivity contribution >= 4 is 76.8 Å². The van der Waals surface area contributed by atoms with Crippen LogP contribution in [0.5, 0.6) is 0 Å². The van der Waals surface area contributed by atoms with Crippen LogP contribution in [0.4, 0.5) is 52.1 Å². The number of likely N-dealkylation sites (tertiary alicyclic amines) is 2. The molecular formula is C66H88F6N8O10S2. The second-order valence-electron chi connectivity index (χ2n) is 27.1. The predicted octanol–water partition coefficient (Wildman–Crippen LogP) is 13.3. The van der Waals surface area contributed by atoms with E-state index in [0.717, 1.165) is 55.1 Å². The summed E-state index contributed by atoms with van der Waals surface area (Å²) in [6.07, 6.45) is -3.87. The molecule has 26 heteroatoms. The van der Waals surface area contributed by atoms with Crippen molar-refractivity contribution in [3.05, 3.63) is 82.4 Å². The molecule has 2 spiro atoms. The molecule has 18 nitrogen and oxygen atoms in total. The number of anilines is 2. The summed E-state index contributed by atoms with van der Waals surface area (Å²) in [4.78, 5) is 104. The van der Waals surface area contributed by atoms with Crippen LogP contribution < -0.4 is 20.9 Å². The first-order valence-electron chi connectivity index (χ1n) is 31.8. The van der Waals surface area contributed by atoms with Crippen molar-refractivity contribution in [3.8, 4) is 0 Å². The van der Waals surface area contributed by atoms with Crippen LogP contribution >= 0.6 is 23.5 Å². The smallest absolute Gasteiger partial charge is 0.417 e. The third-order valence-electron chi connectivity index (χ3n) is 17.2. The largest absolute Gasteiger partial charge is 0.445 e. The van der Waals surface area contributed by atoms with Gasteiger partial charge in [-0.2, -0.15) is 26.3 Å². The van der Waals surface area contributed by atoms with Gasteiger partial charge < -0.3 is 54.7 Å². The minimum atomic E-state index is -4.86. The number of amides is 7. The van der Waals surface area contributed by atoms with Crippen LogP contribution in [0.15, 0.2) is 64.4 Å². The molecule has 3 aromatic rings. The number of benzene rings is 3. The standard InChI is InChI=1S/C37H47F3N4O6S.C29H41F3N4O4S/c1-24(2)44(26-14-11-18-42(22-26)34(48)50-35(3,4)5)31(45)27-20-29-30(21-28(27)37(38,39)40)51-36(15-9-10-16-36)32(46)43(29)19-17-41-33(47)49-23-25-12-7-6-8-13-25;1-18(2)36(19-9-8-13-34(17-19)26(39)40-27(3,4)5)24(37)20-15-22-23(16-21(20)29(30,31)32)41-28(10-6-7-11-28)25(38)35(22)14-12-33/h6-8,12-13,20-21,24,26H,9-11,14-19,22-23H2,1-5H3,(H,41,47);15-16,18-19H,6-14,17,33H2,1-5H3/t26-;19-/m11/s1. The fourth-order valence-corrected chi connectivity index (χ4v) is 16.3. The molecule has 92 heavy (non-hydrogen) atoms. The summed E-state index contributed by atoms with van der Waals surface area (Å²) in [6, 6.07) is 11.6. The molecule has 7 amide bonds. The number of halogens is 6. The fourth-order valence-electron chi connectivity index (χ4n) is 13.2. The first kappa shape index (κ1) is 71.4. The van der Waals surface area contributed by atoms with Crippen molar-refractivity contribution < 1.29 is 74.1 Å². The predicted molar refractivity (Wildman–Crippen MR) is 340 cm³/mol. The fraction of sp³-hybridized carbons (Fsp3) is 0.621. The van der Waals surface area contributed by atoms with Crippen LogP contribution in [0.2, 0.25) is 0 Å². The number of hydrogen-bond acceptors (Lipinski definition) is 13. The lowest BCUT2D eigenvalue weighted by Gasteiger charge is -2.43. The van der Waals surface area contributed by atoms with Crippen LogP contribution in [-0.4, -0.2) is 159 Å². The van der Waals surface area contributed by atoms with E-state index in [1.807, 2.05) is 30.3 Å². The van der Waals surface area contributed by atoms with Crippen molar-refractivity contribution in [3.63, 3.8) is 0 Å². The average molecular weight is 1330 g/mol. The highest BCUT2D eigenvalue weighted by atomic mass is 32.2. The zero-order valence-corrected chi connectivity index (χ0v) is 55.9. The number of ether oxygens (including phenoxy) is 3. The number of hydrogen-bond donors (Lipinski definition) is 2. The van der Waals surface area contributed by atoms with Crippen molar-refractivity contribution in [1.82, 2.24) is 24.9 Å². The molecular weight excluding hydrogens is 1240 g/mol. The second-order valence-corrected chi connectivity index (χ2v) is 29.9. The van der Waals surface area contributed by atoms with Gasteiger partial charge in [0.2, 0.25) is 11.8 Å². The van der Waals surface area contributed by atoms with Crippen LogP contribution in [0.25, 0.3) is 0 Å². The van der Waals surface area contributed by atoms with Crippen LogP contribution in [-0.2, 0) is 42.8 Å². The second kappa shape index (κ2) is 28.7. The van der Waals surface area contributed by atoms with Crippen LogP contribution in [0.1, 0.15) is 184 Å². The Morgan fingerprint density at radius 2 is 1.02 bits per heavy atom. The number of thioether (sulfide) groups is 2. The molecule has 2 saturated carbocycles. The number of alkyl halides is 6. The van der Waals surface area contributed by atoms with Crippen molar-refractivity contribution in [2.45, 2.75) is 220 Å². The Morgan fingerprint density at radius 1 is 0.620 bits per heavy atom. The molecule has 4 heterocycles. The topological polar surface area (TPSA) is 205 Å². The van der Waals surface area contributed by atoms with E-state index in [1.54, 1.807) is 69.2 Å². The van der Waals surface area contributed by atoms with E-state index < -0.39 is 110 Å². The highest BCUT2D eigenvalue weighted by Crippen LogP contribution is 2.56. The SMILES string of the molecule is CC(C)N(C(=O)c1cc2c(cc1C(F)(F)F)SC1(CCCC1)C(=O)N2CCN)[C@@H]1CCCN(C(=O)OC(C)(C)C)C1.CC(C)N(C(=O)c1cc2c(cc1C(F)(F)F)SC1(CCCC1)C(=O)N2CCNC(=O)OCc1ccccc1)[C@@H]1CCCN(C(=O)OC(C)(C)C)C1. The molecule has 0 radical (unpaired) electrons. The summed E-state index contributed by atoms with van der Waals surface area (Å²) in [5.74, 6) is -2.02. The van der Waals surface area contributed by atoms with Gasteiger partial charge in [-0.15, -0.1) is 23.5 Å². The Balaban J connectivity index is 0.000000242. The number of alkyl carbamates (subject to hydrolysis) is 1. The number of nitrogens with one attached hydrogen (secondary N) is 1. The summed E-state index contributed by atoms with van der Waals surface area (Å²) in [6.45, 7) is 18.9. The molecule has 0 aromatic heterocycles. The average Bonchev–Trinajstić information content (AvgIpc) is 1.21. The number of piperidine rings is 2. The number of carbonyl (C=O) groups is 7. The third kappa shape index (κ3) is 16.6. The molecule has 6 aliphatic rings. The summed E-state index contributed by atoms with van der Waals surface area (Å²) in [5.41, 5.74) is 2.51. The Hall–Kier alpha value is -6.41. The lowest BCUT2D eigenvalue weighted by atomic mass is 9.97. The Morgan fingerprint density at radius 3 is 1.39 bits per heavy atom. The third-order valence-corrected chi connectivity index (χ3v) is 20.2.